The summed E-state index contributed by atoms with van der Waals surface area (Å²) in [6, 6.07) is 8.51. The fourth-order valence-corrected chi connectivity index (χ4v) is 4.82. The van der Waals surface area contributed by atoms with Crippen LogP contribution in [0.2, 0.25) is 0 Å². The molecule has 0 aliphatic carbocycles. The predicted octanol–water partition coefficient (Wildman–Crippen LogP) is 1.44. The minimum absolute atomic E-state index is 0.0397. The minimum atomic E-state index is -0.230. The molecular formula is C24H38N6O2. The number of benzene rings is 1. The summed E-state index contributed by atoms with van der Waals surface area (Å²) in [5.41, 5.74) is 13.3. The predicted molar refractivity (Wildman–Crippen MR) is 127 cm³/mol. The van der Waals surface area contributed by atoms with Gasteiger partial charge in [-0.15, -0.1) is 0 Å². The van der Waals surface area contributed by atoms with E-state index in [9.17, 15) is 9.59 Å². The van der Waals surface area contributed by atoms with E-state index in [1.165, 1.54) is 5.56 Å². The van der Waals surface area contributed by atoms with E-state index in [4.69, 9.17) is 16.5 Å². The molecule has 8 nitrogen and oxygen atoms in total. The molecule has 3 rings (SSSR count). The van der Waals surface area contributed by atoms with Gasteiger partial charge in [0.15, 0.2) is 5.96 Å². The van der Waals surface area contributed by atoms with Crippen molar-refractivity contribution in [2.24, 2.45) is 28.3 Å². The van der Waals surface area contributed by atoms with Crippen LogP contribution in [0.25, 0.3) is 0 Å². The third-order valence-electron chi connectivity index (χ3n) is 6.36. The number of rotatable bonds is 8. The average molecular weight is 443 g/mol. The molecule has 2 heterocycles. The summed E-state index contributed by atoms with van der Waals surface area (Å²) in [5.74, 6) is 0.729. The molecule has 5 N–H and O–H groups in total. The topological polar surface area (TPSA) is 117 Å². The summed E-state index contributed by atoms with van der Waals surface area (Å²) in [6.07, 6.45) is 4.42. The van der Waals surface area contributed by atoms with Crippen LogP contribution in [0.4, 0.5) is 0 Å². The third-order valence-corrected chi connectivity index (χ3v) is 6.36. The number of nitrogens with zero attached hydrogens (tertiary/aromatic N) is 3. The molecule has 176 valence electrons. The van der Waals surface area contributed by atoms with Crippen molar-refractivity contribution in [2.45, 2.75) is 52.1 Å². The number of hydrogen-bond acceptors (Lipinski definition) is 4. The van der Waals surface area contributed by atoms with Crippen LogP contribution in [0.3, 0.4) is 0 Å². The van der Waals surface area contributed by atoms with Crippen molar-refractivity contribution in [1.82, 2.24) is 15.1 Å². The fourth-order valence-electron chi connectivity index (χ4n) is 4.82. The highest BCUT2D eigenvalue weighted by Gasteiger charge is 2.25. The number of nitrogens with two attached hydrogens (primary N) is 2. The molecule has 2 aliphatic heterocycles. The number of carbonyl (C=O) groups is 2. The van der Waals surface area contributed by atoms with Gasteiger partial charge < -0.3 is 21.7 Å². The quantitative estimate of drug-likeness (QED) is 0.416. The number of carbonyl (C=O) groups excluding carboxylic acids is 2. The van der Waals surface area contributed by atoms with E-state index >= 15 is 0 Å². The standard InChI is InChI=1S/C24H38N6O2/c1-2-27-24(30-11-4-8-20(16-30)13-22(25)31)28-14-18-6-3-7-19(12-18)15-29-10-5-9-21(17-29)23(26)32/h3,6-7,12,20-21H,2,4-5,8-11,13-17H2,1H3,(H2,25,31)(H2,26,32)(H,27,28). The van der Waals surface area contributed by atoms with Gasteiger partial charge in [0, 0.05) is 39.1 Å². The first kappa shape index (κ1) is 24.0. The maximum absolute atomic E-state index is 11.6. The van der Waals surface area contributed by atoms with Crippen molar-refractivity contribution in [3.63, 3.8) is 0 Å². The molecule has 2 unspecified atom stereocenters. The second-order valence-corrected chi connectivity index (χ2v) is 9.09. The number of guanidine groups is 1. The van der Waals surface area contributed by atoms with Crippen molar-refractivity contribution >= 4 is 17.8 Å². The number of piperidine rings is 2. The Labute approximate surface area is 191 Å². The highest BCUT2D eigenvalue weighted by Crippen LogP contribution is 2.21. The lowest BCUT2D eigenvalue weighted by Crippen LogP contribution is -2.47. The maximum atomic E-state index is 11.6. The fraction of sp³-hybridized carbons (Fsp3) is 0.625. The molecule has 2 amide bonds. The minimum Gasteiger partial charge on any atom is -0.370 e. The molecule has 0 spiro atoms. The molecule has 1 aromatic rings. The summed E-state index contributed by atoms with van der Waals surface area (Å²) in [7, 11) is 0. The van der Waals surface area contributed by atoms with E-state index < -0.39 is 0 Å². The lowest BCUT2D eigenvalue weighted by Gasteiger charge is -2.34. The Morgan fingerprint density at radius 1 is 1.12 bits per heavy atom. The number of amides is 2. The molecule has 1 aromatic carbocycles. The zero-order valence-electron chi connectivity index (χ0n) is 19.3. The molecule has 0 saturated carbocycles. The second kappa shape index (κ2) is 11.9. The lowest BCUT2D eigenvalue weighted by molar-refractivity contribution is -0.123. The Morgan fingerprint density at radius 2 is 1.91 bits per heavy atom. The summed E-state index contributed by atoms with van der Waals surface area (Å²) in [4.78, 5) is 32.4. The summed E-state index contributed by atoms with van der Waals surface area (Å²) < 4.78 is 0. The van der Waals surface area contributed by atoms with Crippen LogP contribution in [-0.2, 0) is 22.7 Å². The van der Waals surface area contributed by atoms with Crippen LogP contribution in [0.5, 0.6) is 0 Å². The van der Waals surface area contributed by atoms with Gasteiger partial charge in [-0.2, -0.15) is 0 Å². The van der Waals surface area contributed by atoms with Crippen LogP contribution in [0.15, 0.2) is 29.3 Å². The van der Waals surface area contributed by atoms with Crippen LogP contribution in [-0.4, -0.2) is 60.3 Å². The number of nitrogens with one attached hydrogen (secondary N) is 1. The van der Waals surface area contributed by atoms with Gasteiger partial charge in [0.2, 0.25) is 11.8 Å². The van der Waals surface area contributed by atoms with E-state index in [-0.39, 0.29) is 17.7 Å². The van der Waals surface area contributed by atoms with Crippen molar-refractivity contribution < 1.29 is 9.59 Å². The van der Waals surface area contributed by atoms with E-state index in [0.29, 0.717) is 18.9 Å². The number of hydrogen-bond donors (Lipinski definition) is 3. The Balaban J connectivity index is 1.62. The van der Waals surface area contributed by atoms with Crippen LogP contribution >= 0.6 is 0 Å². The van der Waals surface area contributed by atoms with Gasteiger partial charge in [-0.1, -0.05) is 24.3 Å². The van der Waals surface area contributed by atoms with Gasteiger partial charge in [-0.05, 0) is 56.2 Å². The number of primary amides is 2. The van der Waals surface area contributed by atoms with E-state index in [2.05, 4.69) is 46.3 Å². The molecule has 2 saturated heterocycles. The van der Waals surface area contributed by atoms with Gasteiger partial charge in [0.25, 0.3) is 0 Å². The summed E-state index contributed by atoms with van der Waals surface area (Å²) in [6.45, 7) is 7.77. The number of aliphatic imine (C=N–C) groups is 1. The Bertz CT molecular complexity index is 811. The molecular weight excluding hydrogens is 404 g/mol. The Morgan fingerprint density at radius 3 is 2.66 bits per heavy atom. The largest absolute Gasteiger partial charge is 0.370 e. The van der Waals surface area contributed by atoms with E-state index in [1.807, 2.05) is 0 Å². The highest BCUT2D eigenvalue weighted by atomic mass is 16.1. The van der Waals surface area contributed by atoms with Crippen LogP contribution in [0.1, 0.15) is 50.2 Å². The first-order chi connectivity index (χ1) is 15.4. The molecule has 0 bridgehead atoms. The zero-order valence-corrected chi connectivity index (χ0v) is 19.3. The monoisotopic (exact) mass is 442 g/mol. The van der Waals surface area contributed by atoms with Crippen molar-refractivity contribution in [2.75, 3.05) is 32.7 Å². The Hall–Kier alpha value is -2.61. The lowest BCUT2D eigenvalue weighted by atomic mass is 9.95. The Kier molecular flexibility index (Phi) is 8.90. The summed E-state index contributed by atoms with van der Waals surface area (Å²) >= 11 is 0. The van der Waals surface area contributed by atoms with E-state index in [0.717, 1.165) is 76.5 Å². The first-order valence-electron chi connectivity index (χ1n) is 11.9. The van der Waals surface area contributed by atoms with Crippen LogP contribution < -0.4 is 16.8 Å². The molecule has 2 aliphatic rings. The zero-order chi connectivity index (χ0) is 22.9. The first-order valence-corrected chi connectivity index (χ1v) is 11.9. The van der Waals surface area contributed by atoms with Gasteiger partial charge in [0.1, 0.15) is 0 Å². The molecule has 32 heavy (non-hydrogen) atoms. The molecule has 2 fully saturated rings. The smallest absolute Gasteiger partial charge is 0.221 e. The van der Waals surface area contributed by atoms with Gasteiger partial charge >= 0.3 is 0 Å². The van der Waals surface area contributed by atoms with Gasteiger partial charge in [0.05, 0.1) is 12.5 Å². The second-order valence-electron chi connectivity index (χ2n) is 9.09. The maximum Gasteiger partial charge on any atom is 0.221 e. The number of likely N-dealkylation sites (tertiary alicyclic amines) is 2. The van der Waals surface area contributed by atoms with Crippen molar-refractivity contribution in [3.8, 4) is 0 Å². The highest BCUT2D eigenvalue weighted by molar-refractivity contribution is 5.80. The molecule has 2 atom stereocenters. The third kappa shape index (κ3) is 7.22. The van der Waals surface area contributed by atoms with Gasteiger partial charge in [-0.25, -0.2) is 4.99 Å². The molecule has 0 radical (unpaired) electrons. The average Bonchev–Trinajstić information content (AvgIpc) is 2.77. The summed E-state index contributed by atoms with van der Waals surface area (Å²) in [5, 5.41) is 3.40. The van der Waals surface area contributed by atoms with Crippen molar-refractivity contribution in [1.29, 1.82) is 0 Å². The molecule has 8 heteroatoms. The SMILES string of the molecule is CCNC(=NCc1cccc(CN2CCCC(C(N)=O)C2)c1)N1CCCC(CC(N)=O)C1. The van der Waals surface area contributed by atoms with Crippen LogP contribution in [0, 0.1) is 11.8 Å². The van der Waals surface area contributed by atoms with Crippen molar-refractivity contribution in [3.05, 3.63) is 35.4 Å². The van der Waals surface area contributed by atoms with Gasteiger partial charge in [-0.3, -0.25) is 14.5 Å². The normalized spacial score (nSPS) is 22.5. The van der Waals surface area contributed by atoms with E-state index in [1.54, 1.807) is 0 Å². The molecule has 0 aromatic heterocycles.